The van der Waals surface area contributed by atoms with Crippen LogP contribution in [0.15, 0.2) is 54.7 Å². The van der Waals surface area contributed by atoms with Crippen molar-refractivity contribution < 1.29 is 14.0 Å². The molecule has 0 N–H and O–H groups in total. The van der Waals surface area contributed by atoms with Gasteiger partial charge in [0.05, 0.1) is 12.5 Å². The number of fused-ring (bicyclic) bond motifs is 1. The van der Waals surface area contributed by atoms with Crippen molar-refractivity contribution in [3.8, 4) is 0 Å². The molecule has 2 amide bonds. The molecule has 0 fully saturated rings. The fourth-order valence-corrected chi connectivity index (χ4v) is 3.44. The number of benzene rings is 2. The maximum absolute atomic E-state index is 13.4. The molecule has 0 radical (unpaired) electrons. The number of carbonyl (C=O) groups excluding carboxylic acids is 2. The van der Waals surface area contributed by atoms with Gasteiger partial charge in [-0.05, 0) is 41.8 Å². The van der Waals surface area contributed by atoms with Gasteiger partial charge in [0, 0.05) is 26.2 Å². The topological polar surface area (TPSA) is 40.6 Å². The van der Waals surface area contributed by atoms with Crippen LogP contribution in [0, 0.1) is 5.82 Å². The van der Waals surface area contributed by atoms with Crippen molar-refractivity contribution in [3.05, 3.63) is 77.2 Å². The molecule has 4 nitrogen and oxygen atoms in total. The van der Waals surface area contributed by atoms with E-state index in [1.807, 2.05) is 37.3 Å². The summed E-state index contributed by atoms with van der Waals surface area (Å²) in [5, 5.41) is 0. The molecule has 2 aromatic rings. The third kappa shape index (κ3) is 4.25. The van der Waals surface area contributed by atoms with Crippen molar-refractivity contribution >= 4 is 17.9 Å². The fraction of sp³-hybridized carbons (Fsp3) is 0.273. The van der Waals surface area contributed by atoms with Gasteiger partial charge >= 0.3 is 0 Å². The summed E-state index contributed by atoms with van der Waals surface area (Å²) in [6, 6.07) is 13.7. The Labute approximate surface area is 158 Å². The molecule has 1 heterocycles. The first kappa shape index (κ1) is 18.8. The minimum absolute atomic E-state index is 0.0666. The highest BCUT2D eigenvalue weighted by atomic mass is 19.1. The highest BCUT2D eigenvalue weighted by Crippen LogP contribution is 2.33. The summed E-state index contributed by atoms with van der Waals surface area (Å²) in [6.07, 6.45) is 3.82. The van der Waals surface area contributed by atoms with E-state index in [0.717, 1.165) is 16.7 Å². The second-order valence-corrected chi connectivity index (χ2v) is 6.63. The summed E-state index contributed by atoms with van der Waals surface area (Å²) < 4.78 is 13.4. The summed E-state index contributed by atoms with van der Waals surface area (Å²) >= 11 is 0. The Morgan fingerprint density at radius 2 is 1.93 bits per heavy atom. The average molecular weight is 366 g/mol. The lowest BCUT2D eigenvalue weighted by Crippen LogP contribution is -2.37. The van der Waals surface area contributed by atoms with Crippen LogP contribution in [0.2, 0.25) is 0 Å². The Balaban J connectivity index is 1.81. The van der Waals surface area contributed by atoms with Crippen LogP contribution in [0.1, 0.15) is 43.0 Å². The van der Waals surface area contributed by atoms with Crippen molar-refractivity contribution in [2.24, 2.45) is 0 Å². The number of amides is 2. The summed E-state index contributed by atoms with van der Waals surface area (Å²) in [6.45, 7) is 4.26. The summed E-state index contributed by atoms with van der Waals surface area (Å²) in [5.74, 6) is -0.486. The zero-order valence-corrected chi connectivity index (χ0v) is 15.6. The predicted octanol–water partition coefficient (Wildman–Crippen LogP) is 4.14. The first-order valence-electron chi connectivity index (χ1n) is 9.08. The van der Waals surface area contributed by atoms with E-state index in [2.05, 4.69) is 0 Å². The monoisotopic (exact) mass is 366 g/mol. The normalized spacial score (nSPS) is 15.4. The highest BCUT2D eigenvalue weighted by Gasteiger charge is 2.29. The van der Waals surface area contributed by atoms with E-state index in [4.69, 9.17) is 0 Å². The van der Waals surface area contributed by atoms with E-state index in [0.29, 0.717) is 13.1 Å². The predicted molar refractivity (Wildman–Crippen MR) is 103 cm³/mol. The molecule has 0 saturated heterocycles. The van der Waals surface area contributed by atoms with E-state index < -0.39 is 0 Å². The van der Waals surface area contributed by atoms with Gasteiger partial charge in [-0.25, -0.2) is 4.39 Å². The number of rotatable bonds is 5. The molecule has 27 heavy (non-hydrogen) atoms. The van der Waals surface area contributed by atoms with Crippen LogP contribution < -0.4 is 0 Å². The standard InChI is InChI=1S/C22H23FN2O2/c1-3-24(15-17-7-6-9-19(23)13-17)22(27)14-21-20-10-5-4-8-18(20)11-12-25(21)16(2)26/h4-13,21H,3,14-15H2,1-2H3/t21-/m1/s1. The molecular formula is C22H23FN2O2. The molecule has 3 rings (SSSR count). The van der Waals surface area contributed by atoms with Crippen LogP contribution in [0.3, 0.4) is 0 Å². The molecule has 1 aliphatic rings. The molecular weight excluding hydrogens is 343 g/mol. The number of halogens is 1. The van der Waals surface area contributed by atoms with Crippen molar-refractivity contribution in [1.82, 2.24) is 9.80 Å². The van der Waals surface area contributed by atoms with Crippen molar-refractivity contribution in [1.29, 1.82) is 0 Å². The Kier molecular flexibility index (Phi) is 5.69. The van der Waals surface area contributed by atoms with Gasteiger partial charge in [-0.15, -0.1) is 0 Å². The molecule has 1 aliphatic heterocycles. The molecule has 0 aromatic heterocycles. The van der Waals surface area contributed by atoms with Crippen LogP contribution in [-0.4, -0.2) is 28.2 Å². The zero-order valence-electron chi connectivity index (χ0n) is 15.6. The SMILES string of the molecule is CCN(Cc1cccc(F)c1)C(=O)C[C@@H]1c2ccccc2C=CN1C(C)=O. The van der Waals surface area contributed by atoms with Gasteiger partial charge in [-0.3, -0.25) is 9.59 Å². The Hall–Kier alpha value is -2.95. The number of hydrogen-bond acceptors (Lipinski definition) is 2. The molecule has 0 unspecified atom stereocenters. The van der Waals surface area contributed by atoms with E-state index in [1.54, 1.807) is 28.1 Å². The van der Waals surface area contributed by atoms with Crippen LogP contribution >= 0.6 is 0 Å². The first-order valence-corrected chi connectivity index (χ1v) is 9.08. The van der Waals surface area contributed by atoms with Gasteiger partial charge in [0.2, 0.25) is 11.8 Å². The van der Waals surface area contributed by atoms with E-state index in [1.165, 1.54) is 19.1 Å². The quantitative estimate of drug-likeness (QED) is 0.798. The highest BCUT2D eigenvalue weighted by molar-refractivity contribution is 5.82. The smallest absolute Gasteiger partial charge is 0.225 e. The summed E-state index contributed by atoms with van der Waals surface area (Å²) in [5.41, 5.74) is 2.73. The van der Waals surface area contributed by atoms with Crippen LogP contribution in [0.5, 0.6) is 0 Å². The zero-order chi connectivity index (χ0) is 19.4. The fourth-order valence-electron chi connectivity index (χ4n) is 3.44. The van der Waals surface area contributed by atoms with E-state index >= 15 is 0 Å². The lowest BCUT2D eigenvalue weighted by Gasteiger charge is -2.33. The lowest BCUT2D eigenvalue weighted by atomic mass is 9.93. The number of nitrogens with zero attached hydrogens (tertiary/aromatic N) is 2. The Morgan fingerprint density at radius 1 is 1.15 bits per heavy atom. The summed E-state index contributed by atoms with van der Waals surface area (Å²) in [7, 11) is 0. The van der Waals surface area contributed by atoms with Crippen molar-refractivity contribution in [2.75, 3.05) is 6.54 Å². The maximum atomic E-state index is 13.4. The molecule has 140 valence electrons. The van der Waals surface area contributed by atoms with Crippen molar-refractivity contribution in [3.63, 3.8) is 0 Å². The molecule has 0 bridgehead atoms. The number of hydrogen-bond donors (Lipinski definition) is 0. The Morgan fingerprint density at radius 3 is 2.63 bits per heavy atom. The minimum Gasteiger partial charge on any atom is -0.339 e. The van der Waals surface area contributed by atoms with Crippen molar-refractivity contribution in [2.45, 2.75) is 32.9 Å². The first-order chi connectivity index (χ1) is 13.0. The van der Waals surface area contributed by atoms with Gasteiger partial charge in [0.15, 0.2) is 0 Å². The van der Waals surface area contributed by atoms with E-state index in [9.17, 15) is 14.0 Å². The van der Waals surface area contributed by atoms with Gasteiger partial charge in [0.25, 0.3) is 0 Å². The molecule has 5 heteroatoms. The van der Waals surface area contributed by atoms with Gasteiger partial charge in [-0.2, -0.15) is 0 Å². The van der Waals surface area contributed by atoms with Crippen LogP contribution in [0.25, 0.3) is 6.08 Å². The van der Waals surface area contributed by atoms with Crippen LogP contribution in [-0.2, 0) is 16.1 Å². The van der Waals surface area contributed by atoms with E-state index in [-0.39, 0.29) is 30.1 Å². The lowest BCUT2D eigenvalue weighted by molar-refractivity contribution is -0.135. The molecule has 2 aromatic carbocycles. The maximum Gasteiger partial charge on any atom is 0.225 e. The number of carbonyl (C=O) groups is 2. The van der Waals surface area contributed by atoms with Crippen LogP contribution in [0.4, 0.5) is 4.39 Å². The minimum atomic E-state index is -0.335. The second kappa shape index (κ2) is 8.16. The van der Waals surface area contributed by atoms with Gasteiger partial charge in [0.1, 0.15) is 5.82 Å². The Bertz CT molecular complexity index is 878. The average Bonchev–Trinajstić information content (AvgIpc) is 2.66. The molecule has 1 atom stereocenters. The molecule has 0 aliphatic carbocycles. The molecule has 0 spiro atoms. The third-order valence-electron chi connectivity index (χ3n) is 4.83. The third-order valence-corrected chi connectivity index (χ3v) is 4.83. The second-order valence-electron chi connectivity index (χ2n) is 6.63. The summed E-state index contributed by atoms with van der Waals surface area (Å²) in [4.78, 5) is 28.4. The largest absolute Gasteiger partial charge is 0.339 e. The van der Waals surface area contributed by atoms with Gasteiger partial charge in [-0.1, -0.05) is 36.4 Å². The van der Waals surface area contributed by atoms with Gasteiger partial charge < -0.3 is 9.80 Å². The molecule has 0 saturated carbocycles.